The SMILES string of the molecule is C/C=C(\c1c(C)cc(CCC)cc1CCC)C1CC1. The first-order valence-electron chi connectivity index (χ1n) is 8.00. The molecule has 1 aromatic rings. The van der Waals surface area contributed by atoms with E-state index in [0.29, 0.717) is 0 Å². The molecule has 0 aliphatic heterocycles. The van der Waals surface area contributed by atoms with Gasteiger partial charge in [0, 0.05) is 0 Å². The lowest BCUT2D eigenvalue weighted by atomic mass is 9.87. The summed E-state index contributed by atoms with van der Waals surface area (Å²) in [7, 11) is 0. The van der Waals surface area contributed by atoms with E-state index in [1.165, 1.54) is 49.7 Å². The molecule has 0 amide bonds. The highest BCUT2D eigenvalue weighted by Gasteiger charge is 2.28. The van der Waals surface area contributed by atoms with E-state index in [9.17, 15) is 0 Å². The highest BCUT2D eigenvalue weighted by Crippen LogP contribution is 2.44. The average Bonchev–Trinajstić information content (AvgIpc) is 3.18. The summed E-state index contributed by atoms with van der Waals surface area (Å²) in [5.74, 6) is 0.844. The molecular weight excluding hydrogens is 228 g/mol. The molecule has 0 spiro atoms. The maximum atomic E-state index is 2.47. The van der Waals surface area contributed by atoms with E-state index >= 15 is 0 Å². The molecule has 0 bridgehead atoms. The minimum absolute atomic E-state index is 0.844. The number of hydrogen-bond acceptors (Lipinski definition) is 0. The zero-order valence-corrected chi connectivity index (χ0v) is 13.1. The Morgan fingerprint density at radius 1 is 1.16 bits per heavy atom. The number of hydrogen-bond donors (Lipinski definition) is 0. The number of benzene rings is 1. The van der Waals surface area contributed by atoms with Crippen molar-refractivity contribution in [3.05, 3.63) is 40.5 Å². The van der Waals surface area contributed by atoms with Gasteiger partial charge in [0.15, 0.2) is 0 Å². The van der Waals surface area contributed by atoms with Gasteiger partial charge in [-0.1, -0.05) is 44.9 Å². The van der Waals surface area contributed by atoms with E-state index in [0.717, 1.165) is 5.92 Å². The minimum atomic E-state index is 0.844. The third kappa shape index (κ3) is 3.29. The maximum Gasteiger partial charge on any atom is -0.0159 e. The van der Waals surface area contributed by atoms with Crippen LogP contribution in [0.3, 0.4) is 0 Å². The smallest absolute Gasteiger partial charge is 0.0159 e. The lowest BCUT2D eigenvalue weighted by Crippen LogP contribution is -2.01. The van der Waals surface area contributed by atoms with Gasteiger partial charge in [-0.15, -0.1) is 0 Å². The predicted octanol–water partition coefficient (Wildman–Crippen LogP) is 5.71. The van der Waals surface area contributed by atoms with Gasteiger partial charge in [-0.05, 0) is 73.3 Å². The molecule has 2 rings (SSSR count). The molecule has 0 saturated heterocycles. The zero-order valence-electron chi connectivity index (χ0n) is 13.1. The Morgan fingerprint density at radius 2 is 1.84 bits per heavy atom. The molecule has 0 unspecified atom stereocenters. The fourth-order valence-electron chi connectivity index (χ4n) is 3.23. The minimum Gasteiger partial charge on any atom is -0.0835 e. The summed E-state index contributed by atoms with van der Waals surface area (Å²) in [6.45, 7) is 9.07. The van der Waals surface area contributed by atoms with Gasteiger partial charge in [-0.25, -0.2) is 0 Å². The van der Waals surface area contributed by atoms with Gasteiger partial charge >= 0.3 is 0 Å². The maximum absolute atomic E-state index is 2.47. The molecule has 0 heterocycles. The first-order chi connectivity index (χ1) is 9.21. The molecular formula is C19H28. The first-order valence-corrected chi connectivity index (χ1v) is 8.00. The van der Waals surface area contributed by atoms with E-state index in [1.807, 2.05) is 0 Å². The Hall–Kier alpha value is -1.04. The molecule has 1 saturated carbocycles. The van der Waals surface area contributed by atoms with Crippen LogP contribution in [-0.4, -0.2) is 0 Å². The van der Waals surface area contributed by atoms with Crippen molar-refractivity contribution in [2.24, 2.45) is 5.92 Å². The summed E-state index contributed by atoms with van der Waals surface area (Å²) in [4.78, 5) is 0. The summed E-state index contributed by atoms with van der Waals surface area (Å²) in [5.41, 5.74) is 7.80. The average molecular weight is 256 g/mol. The molecule has 19 heavy (non-hydrogen) atoms. The summed E-state index contributed by atoms with van der Waals surface area (Å²) in [6.07, 6.45) is 10.1. The highest BCUT2D eigenvalue weighted by atomic mass is 14.3. The van der Waals surface area contributed by atoms with Crippen molar-refractivity contribution in [1.82, 2.24) is 0 Å². The lowest BCUT2D eigenvalue weighted by molar-refractivity contribution is 0.887. The molecule has 0 aromatic heterocycles. The van der Waals surface area contributed by atoms with Crippen molar-refractivity contribution in [3.63, 3.8) is 0 Å². The van der Waals surface area contributed by atoms with E-state index in [2.05, 4.69) is 45.9 Å². The molecule has 0 N–H and O–H groups in total. The van der Waals surface area contributed by atoms with Crippen molar-refractivity contribution in [1.29, 1.82) is 0 Å². The number of aryl methyl sites for hydroxylation is 3. The molecule has 0 atom stereocenters. The molecule has 1 aliphatic carbocycles. The second-order valence-electron chi connectivity index (χ2n) is 5.97. The van der Waals surface area contributed by atoms with Crippen LogP contribution in [0, 0.1) is 12.8 Å². The molecule has 1 fully saturated rings. The number of rotatable bonds is 6. The largest absolute Gasteiger partial charge is 0.0835 e. The van der Waals surface area contributed by atoms with Gasteiger partial charge in [0.1, 0.15) is 0 Å². The van der Waals surface area contributed by atoms with E-state index in [1.54, 1.807) is 16.7 Å². The normalized spacial score (nSPS) is 15.9. The van der Waals surface area contributed by atoms with Crippen molar-refractivity contribution in [3.8, 4) is 0 Å². The van der Waals surface area contributed by atoms with Crippen molar-refractivity contribution >= 4 is 5.57 Å². The monoisotopic (exact) mass is 256 g/mol. The first kappa shape index (κ1) is 14.4. The van der Waals surface area contributed by atoms with Crippen LogP contribution in [0.1, 0.15) is 68.7 Å². The molecule has 0 nitrogen and oxygen atoms in total. The summed E-state index contributed by atoms with van der Waals surface area (Å²) >= 11 is 0. The van der Waals surface area contributed by atoms with Crippen LogP contribution in [0.5, 0.6) is 0 Å². The third-order valence-corrected chi connectivity index (χ3v) is 4.15. The summed E-state index contributed by atoms with van der Waals surface area (Å²) in [5, 5.41) is 0. The lowest BCUT2D eigenvalue weighted by Gasteiger charge is -2.17. The van der Waals surface area contributed by atoms with Crippen molar-refractivity contribution in [2.45, 2.75) is 66.2 Å². The van der Waals surface area contributed by atoms with E-state index in [4.69, 9.17) is 0 Å². The van der Waals surface area contributed by atoms with Gasteiger partial charge in [-0.2, -0.15) is 0 Å². The van der Waals surface area contributed by atoms with Gasteiger partial charge < -0.3 is 0 Å². The van der Waals surface area contributed by atoms with Crippen molar-refractivity contribution in [2.75, 3.05) is 0 Å². The quantitative estimate of drug-likeness (QED) is 0.611. The van der Waals surface area contributed by atoms with E-state index < -0.39 is 0 Å². The fraction of sp³-hybridized carbons (Fsp3) is 0.579. The van der Waals surface area contributed by atoms with Crippen LogP contribution in [0.15, 0.2) is 18.2 Å². The molecule has 0 heteroatoms. The molecule has 0 radical (unpaired) electrons. The molecule has 104 valence electrons. The fourth-order valence-corrected chi connectivity index (χ4v) is 3.23. The Labute approximate surface area is 118 Å². The summed E-state index contributed by atoms with van der Waals surface area (Å²) in [6, 6.07) is 4.89. The summed E-state index contributed by atoms with van der Waals surface area (Å²) < 4.78 is 0. The highest BCUT2D eigenvalue weighted by molar-refractivity contribution is 5.74. The van der Waals surface area contributed by atoms with Crippen LogP contribution in [0.2, 0.25) is 0 Å². The van der Waals surface area contributed by atoms with Crippen LogP contribution >= 0.6 is 0 Å². The third-order valence-electron chi connectivity index (χ3n) is 4.15. The standard InChI is InChI=1S/C19H28/c1-5-8-15-12-14(4)19(17(13-15)9-6-2)18(7-3)16-10-11-16/h7,12-13,16H,5-6,8-11H2,1-4H3/b18-7-. The second kappa shape index (κ2) is 6.41. The van der Waals surface area contributed by atoms with Gasteiger partial charge in [0.2, 0.25) is 0 Å². The van der Waals surface area contributed by atoms with Crippen LogP contribution in [-0.2, 0) is 12.8 Å². The van der Waals surface area contributed by atoms with Crippen molar-refractivity contribution < 1.29 is 0 Å². The van der Waals surface area contributed by atoms with Crippen LogP contribution < -0.4 is 0 Å². The Balaban J connectivity index is 2.45. The van der Waals surface area contributed by atoms with Crippen LogP contribution in [0.4, 0.5) is 0 Å². The Bertz CT molecular complexity index is 461. The van der Waals surface area contributed by atoms with Gasteiger partial charge in [0.05, 0.1) is 0 Å². The molecule has 1 aromatic carbocycles. The van der Waals surface area contributed by atoms with Gasteiger partial charge in [0.25, 0.3) is 0 Å². The van der Waals surface area contributed by atoms with Gasteiger partial charge in [-0.3, -0.25) is 0 Å². The Morgan fingerprint density at radius 3 is 2.37 bits per heavy atom. The molecule has 1 aliphatic rings. The number of allylic oxidation sites excluding steroid dienone is 2. The Kier molecular flexibility index (Phi) is 4.85. The second-order valence-corrected chi connectivity index (χ2v) is 5.97. The van der Waals surface area contributed by atoms with Crippen LogP contribution in [0.25, 0.3) is 5.57 Å². The predicted molar refractivity (Wildman–Crippen MR) is 85.5 cm³/mol. The zero-order chi connectivity index (χ0) is 13.8. The van der Waals surface area contributed by atoms with E-state index in [-0.39, 0.29) is 0 Å². The topological polar surface area (TPSA) is 0 Å².